The van der Waals surface area contributed by atoms with Crippen molar-refractivity contribution in [2.45, 2.75) is 26.4 Å². The molecule has 0 radical (unpaired) electrons. The third-order valence-corrected chi connectivity index (χ3v) is 2.94. The molecular formula is C13H22N4O3. The number of oxime groups is 1. The third kappa shape index (κ3) is 3.99. The summed E-state index contributed by atoms with van der Waals surface area (Å²) in [5.41, 5.74) is 6.32. The molecule has 0 unspecified atom stereocenters. The number of methoxy groups -OCH3 is 2. The van der Waals surface area contributed by atoms with E-state index in [-0.39, 0.29) is 11.9 Å². The van der Waals surface area contributed by atoms with E-state index in [0.29, 0.717) is 24.6 Å². The first-order valence-corrected chi connectivity index (χ1v) is 6.29. The van der Waals surface area contributed by atoms with Crippen molar-refractivity contribution in [3.63, 3.8) is 0 Å². The van der Waals surface area contributed by atoms with Crippen molar-refractivity contribution in [3.05, 3.63) is 18.0 Å². The largest absolute Gasteiger partial charge is 0.493 e. The Balaban J connectivity index is 2.99. The highest BCUT2D eigenvalue weighted by molar-refractivity contribution is 5.81. The molecule has 0 aliphatic rings. The van der Waals surface area contributed by atoms with Gasteiger partial charge in [0.2, 0.25) is 0 Å². The van der Waals surface area contributed by atoms with Crippen molar-refractivity contribution < 1.29 is 14.7 Å². The molecule has 7 heteroatoms. The van der Waals surface area contributed by atoms with Gasteiger partial charge in [-0.15, -0.1) is 0 Å². The summed E-state index contributed by atoms with van der Waals surface area (Å²) < 4.78 is 10.6. The van der Waals surface area contributed by atoms with Gasteiger partial charge in [-0.1, -0.05) is 5.16 Å². The zero-order chi connectivity index (χ0) is 15.1. The predicted molar refractivity (Wildman–Crippen MR) is 76.3 cm³/mol. The average Bonchev–Trinajstić information content (AvgIpc) is 2.45. The van der Waals surface area contributed by atoms with Gasteiger partial charge in [-0.05, 0) is 13.8 Å². The summed E-state index contributed by atoms with van der Waals surface area (Å²) in [6, 6.07) is 1.94. The monoisotopic (exact) mass is 282 g/mol. The maximum Gasteiger partial charge on any atom is 0.183 e. The smallest absolute Gasteiger partial charge is 0.183 e. The number of rotatable bonds is 7. The number of amidine groups is 1. The molecule has 0 bridgehead atoms. The fourth-order valence-corrected chi connectivity index (χ4v) is 1.82. The van der Waals surface area contributed by atoms with Crippen molar-refractivity contribution in [1.82, 2.24) is 9.88 Å². The predicted octanol–water partition coefficient (Wildman–Crippen LogP) is 1.06. The lowest BCUT2D eigenvalue weighted by Crippen LogP contribution is -2.38. The van der Waals surface area contributed by atoms with Gasteiger partial charge in [-0.3, -0.25) is 9.88 Å². The van der Waals surface area contributed by atoms with Crippen LogP contribution in [-0.2, 0) is 6.54 Å². The van der Waals surface area contributed by atoms with Gasteiger partial charge in [-0.25, -0.2) is 0 Å². The summed E-state index contributed by atoms with van der Waals surface area (Å²) in [5, 5.41) is 11.7. The van der Waals surface area contributed by atoms with Crippen LogP contribution in [0, 0.1) is 0 Å². The second-order valence-corrected chi connectivity index (χ2v) is 4.58. The lowest BCUT2D eigenvalue weighted by atomic mass is 10.2. The molecule has 0 saturated heterocycles. The van der Waals surface area contributed by atoms with Crippen LogP contribution >= 0.6 is 0 Å². The van der Waals surface area contributed by atoms with Crippen LogP contribution in [0.25, 0.3) is 0 Å². The standard InChI is InChI=1S/C13H22N4O3/c1-9(2)17(8-12(14)16-18)7-10-13(20-4)11(19-3)5-6-15-10/h5-6,9,18H,7-8H2,1-4H3,(H2,14,16). The number of aromatic nitrogens is 1. The zero-order valence-electron chi connectivity index (χ0n) is 12.3. The Kier molecular flexibility index (Phi) is 6.05. The molecule has 0 atom stereocenters. The molecule has 1 aromatic rings. The quantitative estimate of drug-likeness (QED) is 0.336. The fraction of sp³-hybridized carbons (Fsp3) is 0.538. The summed E-state index contributed by atoms with van der Waals surface area (Å²) in [5.74, 6) is 1.38. The van der Waals surface area contributed by atoms with Crippen LogP contribution in [0.5, 0.6) is 11.5 Å². The molecule has 0 aliphatic heterocycles. The Morgan fingerprint density at radius 2 is 2.15 bits per heavy atom. The minimum Gasteiger partial charge on any atom is -0.493 e. The first-order chi connectivity index (χ1) is 9.53. The van der Waals surface area contributed by atoms with Crippen LogP contribution < -0.4 is 15.2 Å². The Morgan fingerprint density at radius 1 is 1.45 bits per heavy atom. The Hall–Kier alpha value is -2.02. The molecule has 7 nitrogen and oxygen atoms in total. The lowest BCUT2D eigenvalue weighted by Gasteiger charge is -2.26. The van der Waals surface area contributed by atoms with E-state index >= 15 is 0 Å². The fourth-order valence-electron chi connectivity index (χ4n) is 1.82. The van der Waals surface area contributed by atoms with E-state index in [1.807, 2.05) is 18.7 Å². The van der Waals surface area contributed by atoms with Crippen LogP contribution in [0.15, 0.2) is 17.4 Å². The highest BCUT2D eigenvalue weighted by Crippen LogP contribution is 2.29. The van der Waals surface area contributed by atoms with Gasteiger partial charge < -0.3 is 20.4 Å². The summed E-state index contributed by atoms with van der Waals surface area (Å²) >= 11 is 0. The van der Waals surface area contributed by atoms with Crippen molar-refractivity contribution in [2.24, 2.45) is 10.9 Å². The lowest BCUT2D eigenvalue weighted by molar-refractivity contribution is 0.231. The molecule has 3 N–H and O–H groups in total. The Bertz CT molecular complexity index is 463. The number of nitrogens with zero attached hydrogens (tertiary/aromatic N) is 3. The van der Waals surface area contributed by atoms with Crippen molar-refractivity contribution in [3.8, 4) is 11.5 Å². The number of hydrogen-bond donors (Lipinski definition) is 2. The summed E-state index contributed by atoms with van der Waals surface area (Å²) in [6.07, 6.45) is 1.67. The number of nitrogens with two attached hydrogens (primary N) is 1. The van der Waals surface area contributed by atoms with Gasteiger partial charge in [0.1, 0.15) is 5.69 Å². The van der Waals surface area contributed by atoms with Crippen LogP contribution in [-0.4, -0.2) is 47.7 Å². The van der Waals surface area contributed by atoms with Crippen LogP contribution in [0.1, 0.15) is 19.5 Å². The number of hydrogen-bond acceptors (Lipinski definition) is 6. The van der Waals surface area contributed by atoms with Crippen LogP contribution in [0.4, 0.5) is 0 Å². The summed E-state index contributed by atoms with van der Waals surface area (Å²) in [6.45, 7) is 4.90. The molecular weight excluding hydrogens is 260 g/mol. The van der Waals surface area contributed by atoms with Crippen LogP contribution in [0.3, 0.4) is 0 Å². The molecule has 0 saturated carbocycles. The topological polar surface area (TPSA) is 93.2 Å². The van der Waals surface area contributed by atoms with Crippen molar-refractivity contribution in [1.29, 1.82) is 0 Å². The zero-order valence-corrected chi connectivity index (χ0v) is 12.3. The maximum atomic E-state index is 8.69. The normalized spacial score (nSPS) is 12.0. The van der Waals surface area contributed by atoms with Gasteiger partial charge in [0.25, 0.3) is 0 Å². The van der Waals surface area contributed by atoms with E-state index in [2.05, 4.69) is 10.1 Å². The van der Waals surface area contributed by atoms with Crippen molar-refractivity contribution in [2.75, 3.05) is 20.8 Å². The van der Waals surface area contributed by atoms with Gasteiger partial charge in [0, 0.05) is 24.8 Å². The SMILES string of the molecule is COc1ccnc(CN(C/C(N)=N/O)C(C)C)c1OC. The highest BCUT2D eigenvalue weighted by atomic mass is 16.5. The third-order valence-electron chi connectivity index (χ3n) is 2.94. The molecule has 0 spiro atoms. The summed E-state index contributed by atoms with van der Waals surface area (Å²) in [4.78, 5) is 6.34. The maximum absolute atomic E-state index is 8.69. The highest BCUT2D eigenvalue weighted by Gasteiger charge is 2.18. The molecule has 0 aromatic carbocycles. The number of pyridine rings is 1. The van der Waals surface area contributed by atoms with Gasteiger partial charge in [-0.2, -0.15) is 0 Å². The van der Waals surface area contributed by atoms with E-state index in [1.54, 1.807) is 26.5 Å². The molecule has 1 aromatic heterocycles. The molecule has 20 heavy (non-hydrogen) atoms. The van der Waals surface area contributed by atoms with E-state index in [0.717, 1.165) is 5.69 Å². The average molecular weight is 282 g/mol. The minimum absolute atomic E-state index is 0.153. The summed E-state index contributed by atoms with van der Waals surface area (Å²) in [7, 11) is 3.16. The molecule has 1 rings (SSSR count). The van der Waals surface area contributed by atoms with Gasteiger partial charge in [0.15, 0.2) is 17.3 Å². The Morgan fingerprint density at radius 3 is 2.65 bits per heavy atom. The van der Waals surface area contributed by atoms with E-state index < -0.39 is 0 Å². The van der Waals surface area contributed by atoms with Gasteiger partial charge >= 0.3 is 0 Å². The Labute approximate surface area is 119 Å². The van der Waals surface area contributed by atoms with E-state index in [1.165, 1.54) is 0 Å². The van der Waals surface area contributed by atoms with E-state index in [9.17, 15) is 0 Å². The van der Waals surface area contributed by atoms with E-state index in [4.69, 9.17) is 20.4 Å². The first-order valence-electron chi connectivity index (χ1n) is 6.29. The molecule has 0 fully saturated rings. The molecule has 0 aliphatic carbocycles. The second kappa shape index (κ2) is 7.54. The molecule has 112 valence electrons. The van der Waals surface area contributed by atoms with Crippen molar-refractivity contribution >= 4 is 5.84 Å². The minimum atomic E-state index is 0.153. The number of ether oxygens (including phenoxy) is 2. The van der Waals surface area contributed by atoms with Gasteiger partial charge in [0.05, 0.1) is 20.8 Å². The first kappa shape index (κ1) is 16.0. The molecule has 0 amide bonds. The van der Waals surface area contributed by atoms with Crippen LogP contribution in [0.2, 0.25) is 0 Å². The molecule has 1 heterocycles. The second-order valence-electron chi connectivity index (χ2n) is 4.58.